The summed E-state index contributed by atoms with van der Waals surface area (Å²) in [5.74, 6) is 0.268. The average Bonchev–Trinajstić information content (AvgIpc) is 2.29. The van der Waals surface area contributed by atoms with E-state index in [0.717, 1.165) is 4.47 Å². The Morgan fingerprint density at radius 2 is 2.24 bits per heavy atom. The Balaban J connectivity index is 2.91. The molecule has 0 aliphatic heterocycles. The van der Waals surface area contributed by atoms with Gasteiger partial charge in [0.15, 0.2) is 5.75 Å². The molecule has 0 saturated heterocycles. The minimum atomic E-state index is -0.358. The fraction of sp³-hybridized carbons (Fsp3) is 0.364. The number of carbonyl (C=O) groups is 1. The lowest BCUT2D eigenvalue weighted by molar-refractivity contribution is -0.138. The summed E-state index contributed by atoms with van der Waals surface area (Å²) in [6.07, 6.45) is 0. The molecule has 0 unspecified atom stereocenters. The maximum atomic E-state index is 11.1. The molecule has 0 fully saturated rings. The van der Waals surface area contributed by atoms with Gasteiger partial charge in [0.2, 0.25) is 0 Å². The van der Waals surface area contributed by atoms with Gasteiger partial charge in [0.25, 0.3) is 0 Å². The second kappa shape index (κ2) is 6.71. The summed E-state index contributed by atoms with van der Waals surface area (Å²) in [6, 6.07) is 3.43. The van der Waals surface area contributed by atoms with Crippen LogP contribution in [0, 0.1) is 0 Å². The predicted octanol–water partition coefficient (Wildman–Crippen LogP) is 3.09. The van der Waals surface area contributed by atoms with Crippen LogP contribution in [0.1, 0.15) is 6.92 Å². The highest BCUT2D eigenvalue weighted by atomic mass is 79.9. The number of ether oxygens (including phenoxy) is 2. The highest BCUT2D eigenvalue weighted by molar-refractivity contribution is 9.10. The third-order valence-electron chi connectivity index (χ3n) is 1.95. The van der Waals surface area contributed by atoms with E-state index in [1.165, 1.54) is 7.11 Å². The quantitative estimate of drug-likeness (QED) is 0.846. The number of hydrogen-bond acceptors (Lipinski definition) is 4. The number of halogens is 2. The molecule has 0 amide bonds. The largest absolute Gasteiger partial charge is 0.491 e. The normalized spacial score (nSPS) is 9.88. The number of nitrogens with one attached hydrogen (secondary N) is 1. The van der Waals surface area contributed by atoms with Crippen LogP contribution in [0.15, 0.2) is 16.6 Å². The Bertz CT molecular complexity index is 412. The molecular formula is C11H13BrClNO3. The van der Waals surface area contributed by atoms with E-state index in [1.54, 1.807) is 12.1 Å². The average molecular weight is 323 g/mol. The summed E-state index contributed by atoms with van der Waals surface area (Å²) >= 11 is 9.29. The van der Waals surface area contributed by atoms with Gasteiger partial charge in [-0.15, -0.1) is 0 Å². The smallest absolute Gasteiger partial charge is 0.325 e. The summed E-state index contributed by atoms with van der Waals surface area (Å²) in [7, 11) is 1.33. The van der Waals surface area contributed by atoms with Crippen LogP contribution < -0.4 is 10.1 Å². The second-order valence-electron chi connectivity index (χ2n) is 3.13. The number of benzene rings is 1. The van der Waals surface area contributed by atoms with Crippen LogP contribution in [-0.2, 0) is 9.53 Å². The van der Waals surface area contributed by atoms with Gasteiger partial charge in [-0.25, -0.2) is 0 Å². The molecule has 1 N–H and O–H groups in total. The maximum Gasteiger partial charge on any atom is 0.325 e. The Kier molecular flexibility index (Phi) is 5.58. The van der Waals surface area contributed by atoms with Crippen molar-refractivity contribution in [3.05, 3.63) is 21.6 Å². The van der Waals surface area contributed by atoms with Gasteiger partial charge in [-0.05, 0) is 35.0 Å². The number of esters is 1. The third-order valence-corrected chi connectivity index (χ3v) is 2.76. The number of hydrogen-bond donors (Lipinski definition) is 1. The van der Waals surface area contributed by atoms with Gasteiger partial charge >= 0.3 is 5.97 Å². The molecule has 0 saturated carbocycles. The first-order chi connectivity index (χ1) is 8.08. The molecule has 0 aliphatic rings. The molecule has 1 rings (SSSR count). The van der Waals surface area contributed by atoms with E-state index in [1.807, 2.05) is 6.92 Å². The Hall–Kier alpha value is -0.940. The van der Waals surface area contributed by atoms with Crippen LogP contribution >= 0.6 is 27.5 Å². The van der Waals surface area contributed by atoms with Crippen LogP contribution in [0.3, 0.4) is 0 Å². The number of methoxy groups -OCH3 is 1. The highest BCUT2D eigenvalue weighted by Gasteiger charge is 2.11. The number of carbonyl (C=O) groups excluding carboxylic acids is 1. The molecule has 1 aromatic rings. The first-order valence-corrected chi connectivity index (χ1v) is 6.18. The topological polar surface area (TPSA) is 47.6 Å². The molecule has 0 aliphatic carbocycles. The molecule has 17 heavy (non-hydrogen) atoms. The van der Waals surface area contributed by atoms with Gasteiger partial charge in [-0.1, -0.05) is 11.6 Å². The van der Waals surface area contributed by atoms with Crippen LogP contribution in [0.2, 0.25) is 5.02 Å². The predicted molar refractivity (Wildman–Crippen MR) is 70.8 cm³/mol. The first-order valence-electron chi connectivity index (χ1n) is 5.01. The van der Waals surface area contributed by atoms with E-state index in [2.05, 4.69) is 26.0 Å². The maximum absolute atomic E-state index is 11.1. The Labute approximate surface area is 113 Å². The van der Waals surface area contributed by atoms with Crippen molar-refractivity contribution >= 4 is 39.2 Å². The summed E-state index contributed by atoms with van der Waals surface area (Å²) in [4.78, 5) is 11.1. The molecule has 0 atom stereocenters. The van der Waals surface area contributed by atoms with Gasteiger partial charge in [0.1, 0.15) is 6.54 Å². The zero-order valence-corrected chi connectivity index (χ0v) is 11.9. The van der Waals surface area contributed by atoms with Gasteiger partial charge < -0.3 is 14.8 Å². The molecule has 0 heterocycles. The first kappa shape index (κ1) is 14.1. The van der Waals surface area contributed by atoms with Crippen LogP contribution in [0.5, 0.6) is 5.75 Å². The molecule has 0 bridgehead atoms. The van der Waals surface area contributed by atoms with Crippen molar-refractivity contribution in [2.75, 3.05) is 25.6 Å². The lowest BCUT2D eigenvalue weighted by Crippen LogP contribution is -2.15. The molecule has 1 aromatic carbocycles. The second-order valence-corrected chi connectivity index (χ2v) is 4.42. The minimum absolute atomic E-state index is 0.0589. The van der Waals surface area contributed by atoms with Gasteiger partial charge in [-0.2, -0.15) is 0 Å². The SMILES string of the molecule is CCOc1c(Br)cc(Cl)cc1NCC(=O)OC. The number of rotatable bonds is 5. The van der Waals surface area contributed by atoms with Gasteiger partial charge in [0.05, 0.1) is 23.9 Å². The van der Waals surface area contributed by atoms with Gasteiger partial charge in [0, 0.05) is 5.02 Å². The molecule has 0 radical (unpaired) electrons. The molecular weight excluding hydrogens is 309 g/mol. The molecule has 0 spiro atoms. The van der Waals surface area contributed by atoms with E-state index < -0.39 is 0 Å². The summed E-state index contributed by atoms with van der Waals surface area (Å²) in [5.41, 5.74) is 0.650. The van der Waals surface area contributed by atoms with Gasteiger partial charge in [-0.3, -0.25) is 4.79 Å². The monoisotopic (exact) mass is 321 g/mol. The number of anilines is 1. The van der Waals surface area contributed by atoms with E-state index in [-0.39, 0.29) is 12.5 Å². The summed E-state index contributed by atoms with van der Waals surface area (Å²) in [5, 5.41) is 3.47. The van der Waals surface area contributed by atoms with Crippen molar-refractivity contribution < 1.29 is 14.3 Å². The van der Waals surface area contributed by atoms with Crippen molar-refractivity contribution in [2.24, 2.45) is 0 Å². The van der Waals surface area contributed by atoms with E-state index >= 15 is 0 Å². The third kappa shape index (κ3) is 4.09. The van der Waals surface area contributed by atoms with Crippen LogP contribution in [-0.4, -0.2) is 26.2 Å². The van der Waals surface area contributed by atoms with Crippen molar-refractivity contribution in [3.8, 4) is 5.75 Å². The Morgan fingerprint density at radius 3 is 2.82 bits per heavy atom. The molecule has 0 aromatic heterocycles. The molecule has 94 valence electrons. The lowest BCUT2D eigenvalue weighted by Gasteiger charge is -2.13. The van der Waals surface area contributed by atoms with E-state index in [0.29, 0.717) is 23.1 Å². The summed E-state index contributed by atoms with van der Waals surface area (Å²) in [6.45, 7) is 2.46. The van der Waals surface area contributed by atoms with Crippen molar-refractivity contribution in [1.29, 1.82) is 0 Å². The fourth-order valence-electron chi connectivity index (χ4n) is 1.22. The Morgan fingerprint density at radius 1 is 1.53 bits per heavy atom. The van der Waals surface area contributed by atoms with E-state index in [4.69, 9.17) is 16.3 Å². The van der Waals surface area contributed by atoms with Crippen LogP contribution in [0.4, 0.5) is 5.69 Å². The van der Waals surface area contributed by atoms with Crippen molar-refractivity contribution in [2.45, 2.75) is 6.92 Å². The minimum Gasteiger partial charge on any atom is -0.491 e. The standard InChI is InChI=1S/C11H13BrClNO3/c1-3-17-11-8(12)4-7(13)5-9(11)14-6-10(15)16-2/h4-5,14H,3,6H2,1-2H3. The summed E-state index contributed by atoms with van der Waals surface area (Å²) < 4.78 is 10.7. The fourth-order valence-corrected chi connectivity index (χ4v) is 2.15. The zero-order chi connectivity index (χ0) is 12.8. The van der Waals surface area contributed by atoms with Crippen molar-refractivity contribution in [3.63, 3.8) is 0 Å². The molecule has 4 nitrogen and oxygen atoms in total. The molecule has 6 heteroatoms. The van der Waals surface area contributed by atoms with Crippen LogP contribution in [0.25, 0.3) is 0 Å². The van der Waals surface area contributed by atoms with E-state index in [9.17, 15) is 4.79 Å². The van der Waals surface area contributed by atoms with Crippen molar-refractivity contribution in [1.82, 2.24) is 0 Å². The zero-order valence-electron chi connectivity index (χ0n) is 9.55. The highest BCUT2D eigenvalue weighted by Crippen LogP contribution is 2.36. The lowest BCUT2D eigenvalue weighted by atomic mass is 10.3.